The number of non-ortho nitro benzene ring substituents is 2. The summed E-state index contributed by atoms with van der Waals surface area (Å²) in [5, 5.41) is 28.6. The number of benzene rings is 3. The number of nitrogens with one attached hydrogen (secondary N) is 2. The molecule has 322 valence electrons. The maximum Gasteiger partial charge on any atom is 0.336 e. The maximum atomic E-state index is 13.3. The van der Waals surface area contributed by atoms with Crippen LogP contribution in [-0.2, 0) is 44.7 Å². The van der Waals surface area contributed by atoms with Crippen LogP contribution in [0.25, 0.3) is 0 Å². The Hall–Kier alpha value is -7.14. The lowest BCUT2D eigenvalue weighted by atomic mass is 9.80. The average molecular weight is 840 g/mol. The monoisotopic (exact) mass is 839 g/mol. The van der Waals surface area contributed by atoms with E-state index in [1.807, 2.05) is 42.3 Å². The number of ether oxygens (including phenoxy) is 4. The number of hydrogen-bond acceptors (Lipinski definition) is 15. The van der Waals surface area contributed by atoms with Crippen molar-refractivity contribution in [1.29, 1.82) is 0 Å². The number of hydrogen-bond donors (Lipinski definition) is 2. The molecule has 2 heterocycles. The van der Waals surface area contributed by atoms with Crippen LogP contribution in [0.1, 0.15) is 63.1 Å². The van der Waals surface area contributed by atoms with Crippen LogP contribution in [0.15, 0.2) is 124 Å². The molecule has 5 rings (SSSR count). The predicted molar refractivity (Wildman–Crippen MR) is 223 cm³/mol. The molecule has 2 aliphatic heterocycles. The van der Waals surface area contributed by atoms with Crippen molar-refractivity contribution in [2.45, 2.75) is 53.0 Å². The average Bonchev–Trinajstić information content (AvgIpc) is 3.23. The van der Waals surface area contributed by atoms with E-state index < -0.39 is 45.6 Å². The Balaban J connectivity index is 0.000000281. The van der Waals surface area contributed by atoms with Gasteiger partial charge in [-0.15, -0.1) is 0 Å². The van der Waals surface area contributed by atoms with Gasteiger partial charge in [0.1, 0.15) is 6.61 Å². The normalized spacial score (nSPS) is 16.1. The van der Waals surface area contributed by atoms with Crippen molar-refractivity contribution < 1.29 is 48.0 Å². The number of dihydropyridines is 2. The summed E-state index contributed by atoms with van der Waals surface area (Å²) in [5.41, 5.74) is 4.61. The van der Waals surface area contributed by atoms with Crippen LogP contribution in [-0.4, -0.2) is 79.6 Å². The molecule has 0 radical (unpaired) electrons. The largest absolute Gasteiger partial charge is 0.466 e. The van der Waals surface area contributed by atoms with E-state index in [4.69, 9.17) is 18.9 Å². The molecule has 17 heteroatoms. The molecule has 2 atom stereocenters. The molecule has 2 N–H and O–H groups in total. The zero-order chi connectivity index (χ0) is 45.0. The van der Waals surface area contributed by atoms with Gasteiger partial charge in [0.25, 0.3) is 11.4 Å². The number of rotatable bonds is 14. The molecule has 2 aliphatic rings. The molecular weight excluding hydrogens is 791 g/mol. The topological polar surface area (TPSA) is 219 Å². The number of allylic oxidation sites excluding steroid dienone is 4. The maximum absolute atomic E-state index is 13.3. The smallest absolute Gasteiger partial charge is 0.336 e. The van der Waals surface area contributed by atoms with Gasteiger partial charge in [-0.05, 0) is 58.4 Å². The van der Waals surface area contributed by atoms with Crippen LogP contribution < -0.4 is 10.6 Å². The first kappa shape index (κ1) is 46.5. The zero-order valence-corrected chi connectivity index (χ0v) is 35.2. The van der Waals surface area contributed by atoms with E-state index in [1.165, 1.54) is 50.6 Å². The lowest BCUT2D eigenvalue weighted by Gasteiger charge is -2.30. The number of carbonyl (C=O) groups excluding carboxylic acids is 4. The Morgan fingerprint density at radius 3 is 1.43 bits per heavy atom. The highest BCUT2D eigenvalue weighted by atomic mass is 16.6. The Morgan fingerprint density at radius 2 is 1.03 bits per heavy atom. The fourth-order valence-corrected chi connectivity index (χ4v) is 7.15. The van der Waals surface area contributed by atoms with E-state index in [1.54, 1.807) is 46.8 Å². The van der Waals surface area contributed by atoms with Gasteiger partial charge in [0, 0.05) is 60.1 Å². The summed E-state index contributed by atoms with van der Waals surface area (Å²) in [6.07, 6.45) is 0. The number of carbonyl (C=O) groups is 4. The molecular formula is C44H49N5O12. The van der Waals surface area contributed by atoms with Crippen LogP contribution in [0.3, 0.4) is 0 Å². The summed E-state index contributed by atoms with van der Waals surface area (Å²) in [4.78, 5) is 74.4. The first-order valence-electron chi connectivity index (χ1n) is 19.1. The molecule has 0 saturated heterocycles. The van der Waals surface area contributed by atoms with E-state index in [0.717, 1.165) is 5.56 Å². The van der Waals surface area contributed by atoms with Crippen molar-refractivity contribution >= 4 is 35.3 Å². The van der Waals surface area contributed by atoms with Crippen molar-refractivity contribution in [3.63, 3.8) is 0 Å². The van der Waals surface area contributed by atoms with Crippen molar-refractivity contribution in [2.75, 3.05) is 41.0 Å². The number of esters is 4. The third-order valence-electron chi connectivity index (χ3n) is 9.88. The summed E-state index contributed by atoms with van der Waals surface area (Å²) in [7, 11) is 4.42. The van der Waals surface area contributed by atoms with Gasteiger partial charge >= 0.3 is 23.9 Å². The Labute approximate surface area is 353 Å². The molecule has 2 unspecified atom stereocenters. The van der Waals surface area contributed by atoms with Crippen molar-refractivity contribution in [2.24, 2.45) is 0 Å². The molecule has 61 heavy (non-hydrogen) atoms. The number of likely N-dealkylation sites (N-methyl/N-ethyl adjacent to an activating group) is 1. The first-order chi connectivity index (χ1) is 29.0. The summed E-state index contributed by atoms with van der Waals surface area (Å²) in [6, 6.07) is 21.7. The second kappa shape index (κ2) is 21.2. The van der Waals surface area contributed by atoms with Crippen LogP contribution in [0.4, 0.5) is 11.4 Å². The zero-order valence-electron chi connectivity index (χ0n) is 35.2. The van der Waals surface area contributed by atoms with Gasteiger partial charge in [-0.1, -0.05) is 54.6 Å². The minimum Gasteiger partial charge on any atom is -0.466 e. The quantitative estimate of drug-likeness (QED) is 0.0794. The SMILES string of the molecule is CCOC(=O)C1=C(C)NC(C)=C(C(=O)OC)C1c1cccc([N+](=O)[O-])c1.COC(=O)C1=C(C)NC(C)=C(C(=O)OCCN(C)Cc2ccccc2)C1c1cccc([N+](=O)[O-])c1. The molecule has 0 bridgehead atoms. The highest BCUT2D eigenvalue weighted by Gasteiger charge is 2.40. The Kier molecular flexibility index (Phi) is 16.2. The van der Waals surface area contributed by atoms with Crippen molar-refractivity contribution in [1.82, 2.24) is 15.5 Å². The van der Waals surface area contributed by atoms with Crippen LogP contribution >= 0.6 is 0 Å². The molecule has 0 spiro atoms. The molecule has 17 nitrogen and oxygen atoms in total. The second-order valence-corrected chi connectivity index (χ2v) is 14.0. The van der Waals surface area contributed by atoms with Gasteiger partial charge in [-0.3, -0.25) is 25.1 Å². The highest BCUT2D eigenvalue weighted by Crippen LogP contribution is 2.41. The van der Waals surface area contributed by atoms with E-state index in [-0.39, 0.29) is 46.9 Å². The standard InChI is InChI=1S/C26H29N3O6.C18H20N2O6/c1-17-22(25(30)34-4)24(20-11-8-12-21(15-20)29(32)33)23(18(2)27-17)26(31)35-14-13-28(3)16-19-9-6-5-7-10-19;1-5-26-18(22)15-11(3)19-10(2)14(17(21)25-4)16(15)12-7-6-8-13(9-12)20(23)24/h5-12,15,24,27H,13-14,16H2,1-4H3;6-9,16,19H,5H2,1-4H3. The lowest BCUT2D eigenvalue weighted by molar-refractivity contribution is -0.385. The number of nitro groups is 2. The first-order valence-corrected chi connectivity index (χ1v) is 19.1. The number of nitro benzene ring substituents is 2. The van der Waals surface area contributed by atoms with Crippen molar-refractivity contribution in [3.05, 3.63) is 161 Å². The van der Waals surface area contributed by atoms with Crippen LogP contribution in [0, 0.1) is 20.2 Å². The summed E-state index contributed by atoms with van der Waals surface area (Å²) >= 11 is 0. The number of nitrogens with zero attached hydrogens (tertiary/aromatic N) is 3. The fraction of sp³-hybridized carbons (Fsp3) is 0.318. The van der Waals surface area contributed by atoms with Crippen LogP contribution in [0.5, 0.6) is 0 Å². The minimum atomic E-state index is -0.877. The Morgan fingerprint density at radius 1 is 0.623 bits per heavy atom. The van der Waals surface area contributed by atoms with E-state index >= 15 is 0 Å². The summed E-state index contributed by atoms with van der Waals surface area (Å²) in [6.45, 7) is 9.95. The predicted octanol–water partition coefficient (Wildman–Crippen LogP) is 6.24. The van der Waals surface area contributed by atoms with Gasteiger partial charge in [0.05, 0.1) is 64.8 Å². The highest BCUT2D eigenvalue weighted by molar-refractivity contribution is 6.01. The molecule has 0 fully saturated rings. The molecule has 0 saturated carbocycles. The van der Waals surface area contributed by atoms with Gasteiger partial charge in [0.2, 0.25) is 0 Å². The van der Waals surface area contributed by atoms with E-state index in [2.05, 4.69) is 10.6 Å². The molecule has 0 aliphatic carbocycles. The van der Waals surface area contributed by atoms with Gasteiger partial charge in [0.15, 0.2) is 0 Å². The third kappa shape index (κ3) is 11.3. The number of methoxy groups -OCH3 is 2. The van der Waals surface area contributed by atoms with E-state index in [9.17, 15) is 39.4 Å². The Bertz CT molecular complexity index is 2320. The summed E-state index contributed by atoms with van der Waals surface area (Å²) < 4.78 is 20.6. The van der Waals surface area contributed by atoms with E-state index in [0.29, 0.717) is 47.0 Å². The molecule has 3 aromatic rings. The third-order valence-corrected chi connectivity index (χ3v) is 9.88. The van der Waals surface area contributed by atoms with Gasteiger partial charge in [-0.2, -0.15) is 0 Å². The summed E-state index contributed by atoms with van der Waals surface area (Å²) in [5.74, 6) is -4.16. The van der Waals surface area contributed by atoms with Gasteiger partial charge in [-0.25, -0.2) is 19.2 Å². The molecule has 0 amide bonds. The van der Waals surface area contributed by atoms with Crippen molar-refractivity contribution in [3.8, 4) is 0 Å². The lowest BCUT2D eigenvalue weighted by Crippen LogP contribution is -2.33. The van der Waals surface area contributed by atoms with Gasteiger partial charge < -0.3 is 29.6 Å². The van der Waals surface area contributed by atoms with Crippen LogP contribution in [0.2, 0.25) is 0 Å². The molecule has 3 aromatic carbocycles. The fourth-order valence-electron chi connectivity index (χ4n) is 7.15. The molecule has 0 aromatic heterocycles. The second-order valence-electron chi connectivity index (χ2n) is 14.0. The minimum absolute atomic E-state index is 0.135.